The molecule has 24 heavy (non-hydrogen) atoms. The molecule has 2 aromatic rings. The molecule has 0 spiro atoms. The first-order valence-electron chi connectivity index (χ1n) is 7.19. The summed E-state index contributed by atoms with van der Waals surface area (Å²) in [5.74, 6) is 1.85. The van der Waals surface area contributed by atoms with Crippen LogP contribution in [-0.4, -0.2) is 61.1 Å². The number of sulfonamides is 1. The molecule has 2 aromatic heterocycles. The van der Waals surface area contributed by atoms with Crippen LogP contribution in [-0.2, 0) is 23.6 Å². The number of hydrogen-bond acceptors (Lipinski definition) is 8. The van der Waals surface area contributed by atoms with Crippen LogP contribution in [0.4, 0.5) is 11.9 Å². The van der Waals surface area contributed by atoms with Crippen molar-refractivity contribution in [1.29, 1.82) is 0 Å². The molecule has 0 aliphatic carbocycles. The van der Waals surface area contributed by atoms with E-state index in [0.717, 1.165) is 0 Å². The van der Waals surface area contributed by atoms with Gasteiger partial charge in [-0.3, -0.25) is 0 Å². The van der Waals surface area contributed by atoms with Crippen LogP contribution in [0.5, 0.6) is 0 Å². The molecule has 0 fully saturated rings. The fourth-order valence-electron chi connectivity index (χ4n) is 1.76. The molecule has 2 heterocycles. The Morgan fingerprint density at radius 2 is 1.58 bits per heavy atom. The Bertz CT molecular complexity index is 783. The fraction of sp³-hybridized carbons (Fsp3) is 0.538. The van der Waals surface area contributed by atoms with E-state index in [1.807, 2.05) is 0 Å². The smallest absolute Gasteiger partial charge is 0.260 e. The highest BCUT2D eigenvalue weighted by molar-refractivity contribution is 7.89. The molecule has 0 saturated heterocycles. The van der Waals surface area contributed by atoms with Gasteiger partial charge in [-0.05, 0) is 6.92 Å². The van der Waals surface area contributed by atoms with Crippen molar-refractivity contribution in [2.24, 2.45) is 7.05 Å². The van der Waals surface area contributed by atoms with Crippen LogP contribution in [0.1, 0.15) is 11.6 Å². The molecule has 1 N–H and O–H groups in total. The zero-order valence-electron chi connectivity index (χ0n) is 14.6. The van der Waals surface area contributed by atoms with Gasteiger partial charge in [0.2, 0.25) is 11.9 Å². The molecular weight excluding hydrogens is 332 g/mol. The standard InChI is InChI=1S/C13H22N8O2S/c1-9-15-11(8-21(9)6)24(22,23)14-7-10-16-12(19(2)3)18-13(17-10)20(4)5/h8,14H,7H2,1-6H3. The first kappa shape index (κ1) is 18.1. The largest absolute Gasteiger partial charge is 0.347 e. The summed E-state index contributed by atoms with van der Waals surface area (Å²) in [5, 5.41) is -0.0303. The number of nitrogens with one attached hydrogen (secondary N) is 1. The molecule has 0 aromatic carbocycles. The Balaban J connectivity index is 2.24. The van der Waals surface area contributed by atoms with Crippen molar-refractivity contribution in [2.45, 2.75) is 18.5 Å². The highest BCUT2D eigenvalue weighted by atomic mass is 32.2. The molecule has 0 aliphatic rings. The Morgan fingerprint density at radius 1 is 1.04 bits per heavy atom. The summed E-state index contributed by atoms with van der Waals surface area (Å²) in [4.78, 5) is 20.3. The summed E-state index contributed by atoms with van der Waals surface area (Å²) in [7, 11) is 5.22. The second kappa shape index (κ2) is 6.69. The van der Waals surface area contributed by atoms with Gasteiger partial charge in [-0.15, -0.1) is 0 Å². The van der Waals surface area contributed by atoms with E-state index in [2.05, 4.69) is 24.7 Å². The van der Waals surface area contributed by atoms with E-state index in [9.17, 15) is 8.42 Å². The molecule has 0 amide bonds. The third-order valence-electron chi connectivity index (χ3n) is 3.24. The van der Waals surface area contributed by atoms with Crippen LogP contribution in [0.2, 0.25) is 0 Å². The van der Waals surface area contributed by atoms with Crippen molar-refractivity contribution in [1.82, 2.24) is 29.2 Å². The summed E-state index contributed by atoms with van der Waals surface area (Å²) in [6, 6.07) is 0. The van der Waals surface area contributed by atoms with Crippen LogP contribution in [0, 0.1) is 6.92 Å². The topological polar surface area (TPSA) is 109 Å². The Labute approximate surface area is 141 Å². The van der Waals surface area contributed by atoms with E-state index in [0.29, 0.717) is 23.5 Å². The highest BCUT2D eigenvalue weighted by Gasteiger charge is 2.19. The number of nitrogens with zero attached hydrogens (tertiary/aromatic N) is 7. The van der Waals surface area contributed by atoms with Gasteiger partial charge < -0.3 is 14.4 Å². The average Bonchev–Trinajstić information content (AvgIpc) is 2.85. The van der Waals surface area contributed by atoms with Crippen LogP contribution >= 0.6 is 0 Å². The van der Waals surface area contributed by atoms with Crippen molar-refractivity contribution in [3.8, 4) is 0 Å². The lowest BCUT2D eigenvalue weighted by atomic mass is 10.6. The minimum absolute atomic E-state index is 0.0303. The molecule has 0 unspecified atom stereocenters. The minimum atomic E-state index is -3.74. The van der Waals surface area contributed by atoms with E-state index in [1.54, 1.807) is 56.5 Å². The quantitative estimate of drug-likeness (QED) is 0.741. The molecule has 10 nitrogen and oxygen atoms in total. The molecule has 11 heteroatoms. The molecule has 0 bridgehead atoms. The minimum Gasteiger partial charge on any atom is -0.347 e. The van der Waals surface area contributed by atoms with Crippen LogP contribution in [0.3, 0.4) is 0 Å². The number of aryl methyl sites for hydroxylation is 2. The predicted octanol–water partition coefficient (Wildman–Crippen LogP) is -0.476. The van der Waals surface area contributed by atoms with E-state index >= 15 is 0 Å². The Morgan fingerprint density at radius 3 is 2.00 bits per heavy atom. The molecule has 0 atom stereocenters. The number of anilines is 2. The van der Waals surface area contributed by atoms with Gasteiger partial charge in [0, 0.05) is 41.4 Å². The molecule has 0 saturated carbocycles. The summed E-state index contributed by atoms with van der Waals surface area (Å²) in [6.07, 6.45) is 1.46. The van der Waals surface area contributed by atoms with Gasteiger partial charge in [-0.2, -0.15) is 15.0 Å². The third kappa shape index (κ3) is 3.97. The van der Waals surface area contributed by atoms with Crippen LogP contribution in [0.15, 0.2) is 11.2 Å². The van der Waals surface area contributed by atoms with Gasteiger partial charge in [-0.1, -0.05) is 0 Å². The SMILES string of the molecule is Cc1nc(S(=O)(=O)NCc2nc(N(C)C)nc(N(C)C)n2)cn1C. The zero-order chi connectivity index (χ0) is 18.1. The third-order valence-corrected chi connectivity index (χ3v) is 4.51. The van der Waals surface area contributed by atoms with E-state index in [1.165, 1.54) is 6.20 Å². The number of hydrogen-bond donors (Lipinski definition) is 1. The van der Waals surface area contributed by atoms with Gasteiger partial charge >= 0.3 is 0 Å². The molecule has 2 rings (SSSR count). The molecule has 0 aliphatic heterocycles. The van der Waals surface area contributed by atoms with Crippen molar-refractivity contribution >= 4 is 21.9 Å². The van der Waals surface area contributed by atoms with E-state index < -0.39 is 10.0 Å². The molecule has 0 radical (unpaired) electrons. The summed E-state index contributed by atoms with van der Waals surface area (Å²) < 4.78 is 28.8. The number of aromatic nitrogens is 5. The van der Waals surface area contributed by atoms with Gasteiger partial charge in [0.15, 0.2) is 10.9 Å². The molecular formula is C13H22N8O2S. The summed E-state index contributed by atoms with van der Waals surface area (Å²) in [6.45, 7) is 1.68. The van der Waals surface area contributed by atoms with Gasteiger partial charge in [0.25, 0.3) is 10.0 Å². The maximum absolute atomic E-state index is 12.3. The highest BCUT2D eigenvalue weighted by Crippen LogP contribution is 2.12. The predicted molar refractivity (Wildman–Crippen MR) is 90.5 cm³/mol. The summed E-state index contributed by atoms with van der Waals surface area (Å²) >= 11 is 0. The second-order valence-electron chi connectivity index (χ2n) is 5.70. The second-order valence-corrected chi connectivity index (χ2v) is 7.42. The molecule has 132 valence electrons. The summed E-state index contributed by atoms with van der Waals surface area (Å²) in [5.41, 5.74) is 0. The lowest BCUT2D eigenvalue weighted by molar-refractivity contribution is 0.575. The van der Waals surface area contributed by atoms with Crippen LogP contribution < -0.4 is 14.5 Å². The normalized spacial score (nSPS) is 11.6. The maximum atomic E-state index is 12.3. The Kier molecular flexibility index (Phi) is 5.04. The van der Waals surface area contributed by atoms with Crippen LogP contribution in [0.25, 0.3) is 0 Å². The first-order valence-corrected chi connectivity index (χ1v) is 8.67. The lowest BCUT2D eigenvalue weighted by Gasteiger charge is -2.16. The monoisotopic (exact) mass is 354 g/mol. The van der Waals surface area contributed by atoms with E-state index in [-0.39, 0.29) is 11.6 Å². The Hall–Kier alpha value is -2.27. The van der Waals surface area contributed by atoms with Crippen molar-refractivity contribution in [3.05, 3.63) is 17.8 Å². The number of rotatable bonds is 6. The van der Waals surface area contributed by atoms with Gasteiger partial charge in [0.1, 0.15) is 5.82 Å². The van der Waals surface area contributed by atoms with E-state index in [4.69, 9.17) is 0 Å². The van der Waals surface area contributed by atoms with Crippen molar-refractivity contribution < 1.29 is 8.42 Å². The first-order chi connectivity index (χ1) is 11.1. The van der Waals surface area contributed by atoms with Gasteiger partial charge in [0.05, 0.1) is 6.54 Å². The lowest BCUT2D eigenvalue weighted by Crippen LogP contribution is -2.26. The average molecular weight is 354 g/mol. The fourth-order valence-corrected chi connectivity index (χ4v) is 2.78. The zero-order valence-corrected chi connectivity index (χ0v) is 15.5. The number of imidazole rings is 1. The van der Waals surface area contributed by atoms with Crippen molar-refractivity contribution in [2.75, 3.05) is 38.0 Å². The van der Waals surface area contributed by atoms with Gasteiger partial charge in [-0.25, -0.2) is 18.1 Å². The maximum Gasteiger partial charge on any atom is 0.260 e. The van der Waals surface area contributed by atoms with Crippen molar-refractivity contribution in [3.63, 3.8) is 0 Å².